The van der Waals surface area contributed by atoms with Gasteiger partial charge < -0.3 is 15.1 Å². The molecule has 0 spiro atoms. The number of hydrogen-bond acceptors (Lipinski definition) is 3. The van der Waals surface area contributed by atoms with Gasteiger partial charge in [-0.15, -0.1) is 0 Å². The lowest BCUT2D eigenvalue weighted by Crippen LogP contribution is -2.55. The van der Waals surface area contributed by atoms with Gasteiger partial charge in [-0.2, -0.15) is 0 Å². The molecule has 2 aliphatic heterocycles. The van der Waals surface area contributed by atoms with E-state index in [1.807, 2.05) is 0 Å². The zero-order chi connectivity index (χ0) is 14.0. The van der Waals surface area contributed by atoms with Crippen LogP contribution in [0.25, 0.3) is 0 Å². The van der Waals surface area contributed by atoms with Crippen molar-refractivity contribution in [2.75, 3.05) is 26.7 Å². The van der Waals surface area contributed by atoms with Crippen molar-refractivity contribution in [2.45, 2.75) is 71.1 Å². The normalized spacial score (nSPS) is 36.0. The minimum Gasteiger partial charge on any atom is -0.311 e. The van der Waals surface area contributed by atoms with E-state index in [2.05, 4.69) is 49.9 Å². The van der Waals surface area contributed by atoms with E-state index < -0.39 is 0 Å². The SMILES string of the molecule is CC1CN(C)C(C)CC1NC1CCN(C(C)C)CC1. The molecule has 1 N–H and O–H groups in total. The minimum atomic E-state index is 0.711. The van der Waals surface area contributed by atoms with E-state index in [1.54, 1.807) is 0 Å². The first kappa shape index (κ1) is 15.3. The molecule has 2 saturated heterocycles. The standard InChI is InChI=1S/C16H33N3/c1-12(2)19-8-6-15(7-9-19)17-16-10-14(4)18(5)11-13(16)3/h12-17H,6-11H2,1-5H3. The first-order valence-electron chi connectivity index (χ1n) is 8.17. The Morgan fingerprint density at radius 1 is 1.11 bits per heavy atom. The number of hydrogen-bond donors (Lipinski definition) is 1. The fraction of sp³-hybridized carbons (Fsp3) is 1.00. The Kier molecular flexibility index (Phi) is 5.27. The summed E-state index contributed by atoms with van der Waals surface area (Å²) < 4.78 is 0. The Balaban J connectivity index is 1.79. The molecule has 0 aromatic heterocycles. The van der Waals surface area contributed by atoms with Crippen molar-refractivity contribution in [1.82, 2.24) is 15.1 Å². The van der Waals surface area contributed by atoms with Crippen LogP contribution in [0.4, 0.5) is 0 Å². The van der Waals surface area contributed by atoms with Crippen LogP contribution >= 0.6 is 0 Å². The summed E-state index contributed by atoms with van der Waals surface area (Å²) in [7, 11) is 2.26. The Morgan fingerprint density at radius 2 is 1.74 bits per heavy atom. The highest BCUT2D eigenvalue weighted by Crippen LogP contribution is 2.23. The Hall–Kier alpha value is -0.120. The molecule has 0 aliphatic carbocycles. The number of nitrogens with one attached hydrogen (secondary N) is 1. The second-order valence-corrected chi connectivity index (χ2v) is 7.18. The van der Waals surface area contributed by atoms with Gasteiger partial charge >= 0.3 is 0 Å². The average Bonchev–Trinajstić information content (AvgIpc) is 2.36. The predicted octanol–water partition coefficient (Wildman–Crippen LogP) is 2.18. The van der Waals surface area contributed by atoms with Gasteiger partial charge in [-0.05, 0) is 66.1 Å². The summed E-state index contributed by atoms with van der Waals surface area (Å²) in [4.78, 5) is 5.11. The first-order valence-corrected chi connectivity index (χ1v) is 8.17. The number of likely N-dealkylation sites (tertiary alicyclic amines) is 2. The van der Waals surface area contributed by atoms with Crippen LogP contribution in [0.2, 0.25) is 0 Å². The summed E-state index contributed by atoms with van der Waals surface area (Å²) in [6.45, 7) is 13.2. The van der Waals surface area contributed by atoms with Gasteiger partial charge in [0.05, 0.1) is 0 Å². The summed E-state index contributed by atoms with van der Waals surface area (Å²) in [5.41, 5.74) is 0. The number of nitrogens with zero attached hydrogens (tertiary/aromatic N) is 2. The molecule has 0 saturated carbocycles. The van der Waals surface area contributed by atoms with Gasteiger partial charge in [0.2, 0.25) is 0 Å². The van der Waals surface area contributed by atoms with E-state index in [1.165, 1.54) is 38.9 Å². The van der Waals surface area contributed by atoms with Gasteiger partial charge in [0.25, 0.3) is 0 Å². The molecule has 0 aromatic carbocycles. The van der Waals surface area contributed by atoms with Gasteiger partial charge in [-0.1, -0.05) is 6.92 Å². The monoisotopic (exact) mass is 267 g/mol. The maximum atomic E-state index is 3.96. The second-order valence-electron chi connectivity index (χ2n) is 7.18. The van der Waals surface area contributed by atoms with Crippen LogP contribution in [0.3, 0.4) is 0 Å². The van der Waals surface area contributed by atoms with E-state index in [0.717, 1.165) is 24.0 Å². The fourth-order valence-corrected chi connectivity index (χ4v) is 3.66. The van der Waals surface area contributed by atoms with Crippen LogP contribution in [-0.2, 0) is 0 Å². The zero-order valence-corrected chi connectivity index (χ0v) is 13.5. The molecule has 0 amide bonds. The minimum absolute atomic E-state index is 0.711. The summed E-state index contributed by atoms with van der Waals surface area (Å²) in [5, 5.41) is 3.96. The van der Waals surface area contributed by atoms with Gasteiger partial charge in [-0.3, -0.25) is 0 Å². The summed E-state index contributed by atoms with van der Waals surface area (Å²) >= 11 is 0. The van der Waals surface area contributed by atoms with Crippen molar-refractivity contribution < 1.29 is 0 Å². The molecule has 3 unspecified atom stereocenters. The molecule has 3 heteroatoms. The molecule has 3 nitrogen and oxygen atoms in total. The van der Waals surface area contributed by atoms with Gasteiger partial charge in [0.1, 0.15) is 0 Å². The van der Waals surface area contributed by atoms with Crippen LogP contribution in [0.15, 0.2) is 0 Å². The molecule has 3 atom stereocenters. The molecule has 2 heterocycles. The quantitative estimate of drug-likeness (QED) is 0.845. The van der Waals surface area contributed by atoms with Crippen LogP contribution < -0.4 is 5.32 Å². The summed E-state index contributed by atoms with van der Waals surface area (Å²) in [5.74, 6) is 0.782. The van der Waals surface area contributed by atoms with Crippen LogP contribution in [0.1, 0.15) is 47.0 Å². The van der Waals surface area contributed by atoms with Crippen molar-refractivity contribution >= 4 is 0 Å². The Bertz CT molecular complexity index is 271. The molecule has 0 aromatic rings. The van der Waals surface area contributed by atoms with E-state index in [4.69, 9.17) is 0 Å². The lowest BCUT2D eigenvalue weighted by molar-refractivity contribution is 0.0988. The van der Waals surface area contributed by atoms with Crippen molar-refractivity contribution in [2.24, 2.45) is 5.92 Å². The van der Waals surface area contributed by atoms with Crippen molar-refractivity contribution in [3.8, 4) is 0 Å². The maximum Gasteiger partial charge on any atom is 0.0122 e. The van der Waals surface area contributed by atoms with Crippen molar-refractivity contribution in [1.29, 1.82) is 0 Å². The Morgan fingerprint density at radius 3 is 2.32 bits per heavy atom. The topological polar surface area (TPSA) is 18.5 Å². The average molecular weight is 267 g/mol. The fourth-order valence-electron chi connectivity index (χ4n) is 3.66. The number of rotatable bonds is 3. The second kappa shape index (κ2) is 6.55. The predicted molar refractivity (Wildman–Crippen MR) is 82.5 cm³/mol. The van der Waals surface area contributed by atoms with Crippen LogP contribution in [-0.4, -0.2) is 60.6 Å². The third-order valence-corrected chi connectivity index (χ3v) is 5.32. The summed E-state index contributed by atoms with van der Waals surface area (Å²) in [6.07, 6.45) is 3.96. The highest BCUT2D eigenvalue weighted by atomic mass is 15.2. The van der Waals surface area contributed by atoms with Crippen molar-refractivity contribution in [3.63, 3.8) is 0 Å². The molecule has 0 radical (unpaired) electrons. The maximum absolute atomic E-state index is 3.96. The van der Waals surface area contributed by atoms with E-state index in [-0.39, 0.29) is 0 Å². The number of piperidine rings is 2. The highest BCUT2D eigenvalue weighted by Gasteiger charge is 2.31. The van der Waals surface area contributed by atoms with Gasteiger partial charge in [-0.25, -0.2) is 0 Å². The van der Waals surface area contributed by atoms with Crippen LogP contribution in [0.5, 0.6) is 0 Å². The molecule has 2 fully saturated rings. The van der Waals surface area contributed by atoms with Crippen molar-refractivity contribution in [3.05, 3.63) is 0 Å². The smallest absolute Gasteiger partial charge is 0.0122 e. The molecular formula is C16H33N3. The van der Waals surface area contributed by atoms with E-state index in [9.17, 15) is 0 Å². The molecule has 2 rings (SSSR count). The van der Waals surface area contributed by atoms with Gasteiger partial charge in [0.15, 0.2) is 0 Å². The molecule has 0 bridgehead atoms. The lowest BCUT2D eigenvalue weighted by atomic mass is 9.88. The molecule has 19 heavy (non-hydrogen) atoms. The third kappa shape index (κ3) is 3.93. The van der Waals surface area contributed by atoms with E-state index >= 15 is 0 Å². The largest absolute Gasteiger partial charge is 0.311 e. The summed E-state index contributed by atoms with van der Waals surface area (Å²) in [6, 6.07) is 2.91. The van der Waals surface area contributed by atoms with E-state index in [0.29, 0.717) is 6.04 Å². The lowest BCUT2D eigenvalue weighted by Gasteiger charge is -2.43. The first-order chi connectivity index (χ1) is 8.97. The van der Waals surface area contributed by atoms with Gasteiger partial charge in [0, 0.05) is 30.7 Å². The Labute approximate surface area is 119 Å². The molecule has 2 aliphatic rings. The zero-order valence-electron chi connectivity index (χ0n) is 13.5. The highest BCUT2D eigenvalue weighted by molar-refractivity contribution is 4.89. The molecule has 112 valence electrons. The third-order valence-electron chi connectivity index (χ3n) is 5.32. The molecular weight excluding hydrogens is 234 g/mol. The van der Waals surface area contributed by atoms with Crippen LogP contribution in [0, 0.1) is 5.92 Å².